The summed E-state index contributed by atoms with van der Waals surface area (Å²) >= 11 is 0. The first-order valence-electron chi connectivity index (χ1n) is 10.9. The topological polar surface area (TPSA) is 90.5 Å². The van der Waals surface area contributed by atoms with Crippen LogP contribution in [0.2, 0.25) is 0 Å². The van der Waals surface area contributed by atoms with E-state index in [4.69, 9.17) is 0 Å². The van der Waals surface area contributed by atoms with Gasteiger partial charge in [0.15, 0.2) is 0 Å². The number of rotatable bonds is 7. The second-order valence-corrected chi connectivity index (χ2v) is 8.21. The van der Waals surface area contributed by atoms with Crippen LogP contribution >= 0.6 is 0 Å². The molecule has 1 aliphatic carbocycles. The molecule has 0 radical (unpaired) electrons. The minimum atomic E-state index is -0.435. The van der Waals surface area contributed by atoms with Crippen LogP contribution < -0.4 is 20.9 Å². The average molecular weight is 421 g/mol. The summed E-state index contributed by atoms with van der Waals surface area (Å²) < 4.78 is 0. The number of urea groups is 1. The van der Waals surface area contributed by atoms with Gasteiger partial charge in [0.2, 0.25) is 11.8 Å². The third-order valence-electron chi connectivity index (χ3n) is 5.67. The Morgan fingerprint density at radius 3 is 2.52 bits per heavy atom. The number of nitrogens with zero attached hydrogens (tertiary/aromatic N) is 1. The van der Waals surface area contributed by atoms with Gasteiger partial charge in [-0.05, 0) is 60.9 Å². The molecule has 1 heterocycles. The van der Waals surface area contributed by atoms with Crippen molar-refractivity contribution in [3.8, 4) is 0 Å². The smallest absolute Gasteiger partial charge is 0.319 e. The summed E-state index contributed by atoms with van der Waals surface area (Å²) in [6.45, 7) is 1.37. The van der Waals surface area contributed by atoms with E-state index in [2.05, 4.69) is 22.0 Å². The van der Waals surface area contributed by atoms with E-state index < -0.39 is 6.03 Å². The molecule has 2 aromatic carbocycles. The molecule has 7 nitrogen and oxygen atoms in total. The third-order valence-corrected chi connectivity index (χ3v) is 5.67. The zero-order valence-electron chi connectivity index (χ0n) is 17.5. The van der Waals surface area contributed by atoms with Crippen LogP contribution in [0.4, 0.5) is 16.2 Å². The van der Waals surface area contributed by atoms with Gasteiger partial charge in [0.1, 0.15) is 0 Å². The molecule has 0 bridgehead atoms. The van der Waals surface area contributed by atoms with Crippen LogP contribution in [0.5, 0.6) is 0 Å². The molecule has 0 saturated heterocycles. The van der Waals surface area contributed by atoms with Crippen LogP contribution in [0.1, 0.15) is 30.4 Å². The van der Waals surface area contributed by atoms with E-state index in [0.29, 0.717) is 24.6 Å². The molecular formula is C24H28N4O3. The Morgan fingerprint density at radius 2 is 1.74 bits per heavy atom. The maximum absolute atomic E-state index is 12.8. The van der Waals surface area contributed by atoms with Gasteiger partial charge in [0, 0.05) is 24.5 Å². The van der Waals surface area contributed by atoms with Gasteiger partial charge < -0.3 is 20.9 Å². The molecule has 1 saturated carbocycles. The standard InChI is InChI=1S/C24H28N4O3/c29-22(25-15-18-7-8-18)16-26-24(31)27-20-11-9-17(10-12-20)14-23(30)28-13-3-5-19-4-1-2-6-21(19)28/h1-2,4,6,9-12,18H,3,5,7-8,13-16H2,(H,25,29)(H2,26,27,31). The van der Waals surface area contributed by atoms with Gasteiger partial charge in [-0.3, -0.25) is 9.59 Å². The van der Waals surface area contributed by atoms with Gasteiger partial charge in [0.25, 0.3) is 0 Å². The summed E-state index contributed by atoms with van der Waals surface area (Å²) in [7, 11) is 0. The van der Waals surface area contributed by atoms with E-state index in [1.54, 1.807) is 12.1 Å². The summed E-state index contributed by atoms with van der Waals surface area (Å²) in [5, 5.41) is 8.06. The molecule has 2 aliphatic rings. The molecule has 4 rings (SSSR count). The first-order chi connectivity index (χ1) is 15.1. The fourth-order valence-corrected chi connectivity index (χ4v) is 3.75. The second-order valence-electron chi connectivity index (χ2n) is 8.21. The fourth-order valence-electron chi connectivity index (χ4n) is 3.75. The maximum atomic E-state index is 12.8. The maximum Gasteiger partial charge on any atom is 0.319 e. The molecule has 7 heteroatoms. The lowest BCUT2D eigenvalue weighted by atomic mass is 10.0. The Bertz CT molecular complexity index is 954. The molecule has 0 atom stereocenters. The van der Waals surface area contributed by atoms with E-state index in [-0.39, 0.29) is 18.4 Å². The Hall–Kier alpha value is -3.35. The molecular weight excluding hydrogens is 392 g/mol. The monoisotopic (exact) mass is 420 g/mol. The number of hydrogen-bond donors (Lipinski definition) is 3. The third kappa shape index (κ3) is 5.84. The molecule has 1 aliphatic heterocycles. The number of hydrogen-bond acceptors (Lipinski definition) is 3. The molecule has 0 aromatic heterocycles. The van der Waals surface area contributed by atoms with Gasteiger partial charge in [-0.1, -0.05) is 30.3 Å². The SMILES string of the molecule is O=C(CNC(=O)Nc1ccc(CC(=O)N2CCCc3ccccc32)cc1)NCC1CC1. The van der Waals surface area contributed by atoms with Crippen LogP contribution in [0.25, 0.3) is 0 Å². The van der Waals surface area contributed by atoms with Crippen molar-refractivity contribution in [2.75, 3.05) is 29.9 Å². The molecule has 31 heavy (non-hydrogen) atoms. The summed E-state index contributed by atoms with van der Waals surface area (Å²) in [4.78, 5) is 38.4. The highest BCUT2D eigenvalue weighted by atomic mass is 16.2. The number of anilines is 2. The Labute approximate surface area is 182 Å². The van der Waals surface area contributed by atoms with Gasteiger partial charge in [-0.2, -0.15) is 0 Å². The normalized spacial score (nSPS) is 15.0. The summed E-state index contributed by atoms with van der Waals surface area (Å²) in [5.74, 6) is 0.492. The highest BCUT2D eigenvalue weighted by Crippen LogP contribution is 2.28. The first kappa shape index (κ1) is 20.9. The highest BCUT2D eigenvalue weighted by Gasteiger charge is 2.22. The number of para-hydroxylation sites is 1. The van der Waals surface area contributed by atoms with E-state index >= 15 is 0 Å². The number of aryl methyl sites for hydroxylation is 1. The van der Waals surface area contributed by atoms with Gasteiger partial charge >= 0.3 is 6.03 Å². The zero-order chi connectivity index (χ0) is 21.6. The summed E-state index contributed by atoms with van der Waals surface area (Å²) in [5.41, 5.74) is 3.72. The van der Waals surface area contributed by atoms with Crippen LogP contribution in [-0.2, 0) is 22.4 Å². The van der Waals surface area contributed by atoms with E-state index in [1.807, 2.05) is 35.2 Å². The van der Waals surface area contributed by atoms with Crippen LogP contribution in [-0.4, -0.2) is 37.5 Å². The van der Waals surface area contributed by atoms with Gasteiger partial charge in [0.05, 0.1) is 13.0 Å². The van der Waals surface area contributed by atoms with Crippen molar-refractivity contribution in [1.82, 2.24) is 10.6 Å². The number of carbonyl (C=O) groups is 3. The Kier molecular flexibility index (Phi) is 6.50. The summed E-state index contributed by atoms with van der Waals surface area (Å²) in [6.07, 6.45) is 4.62. The van der Waals surface area contributed by atoms with Crippen molar-refractivity contribution in [3.05, 3.63) is 59.7 Å². The largest absolute Gasteiger partial charge is 0.354 e. The van der Waals surface area contributed by atoms with E-state index in [9.17, 15) is 14.4 Å². The van der Waals surface area contributed by atoms with E-state index in [1.165, 1.54) is 18.4 Å². The number of benzene rings is 2. The minimum absolute atomic E-state index is 0.0531. The Morgan fingerprint density at radius 1 is 0.968 bits per heavy atom. The lowest BCUT2D eigenvalue weighted by Crippen LogP contribution is -2.39. The van der Waals surface area contributed by atoms with E-state index in [0.717, 1.165) is 30.6 Å². The Balaban J connectivity index is 1.25. The van der Waals surface area contributed by atoms with Crippen molar-refractivity contribution in [3.63, 3.8) is 0 Å². The second kappa shape index (κ2) is 9.64. The first-order valence-corrected chi connectivity index (χ1v) is 10.9. The minimum Gasteiger partial charge on any atom is -0.354 e. The molecule has 1 fully saturated rings. The lowest BCUT2D eigenvalue weighted by Gasteiger charge is -2.29. The molecule has 4 amide bonds. The van der Waals surface area contributed by atoms with Gasteiger partial charge in [-0.15, -0.1) is 0 Å². The van der Waals surface area contributed by atoms with Crippen molar-refractivity contribution in [2.24, 2.45) is 5.92 Å². The van der Waals surface area contributed by atoms with Gasteiger partial charge in [-0.25, -0.2) is 4.79 Å². The van der Waals surface area contributed by atoms with Crippen molar-refractivity contribution in [1.29, 1.82) is 0 Å². The quantitative estimate of drug-likeness (QED) is 0.643. The highest BCUT2D eigenvalue weighted by molar-refractivity contribution is 5.96. The fraction of sp³-hybridized carbons (Fsp3) is 0.375. The molecule has 2 aromatic rings. The summed E-state index contributed by atoms with van der Waals surface area (Å²) in [6, 6.07) is 14.8. The average Bonchev–Trinajstić information content (AvgIpc) is 3.62. The van der Waals surface area contributed by atoms with Crippen LogP contribution in [0.15, 0.2) is 48.5 Å². The van der Waals surface area contributed by atoms with Crippen LogP contribution in [0.3, 0.4) is 0 Å². The number of amides is 4. The van der Waals surface area contributed by atoms with Crippen molar-refractivity contribution >= 4 is 29.2 Å². The number of nitrogens with one attached hydrogen (secondary N) is 3. The zero-order valence-corrected chi connectivity index (χ0v) is 17.5. The molecule has 0 unspecified atom stereocenters. The van der Waals surface area contributed by atoms with Crippen molar-refractivity contribution < 1.29 is 14.4 Å². The molecule has 162 valence electrons. The predicted octanol–water partition coefficient (Wildman–Crippen LogP) is 2.86. The van der Waals surface area contributed by atoms with Crippen molar-refractivity contribution in [2.45, 2.75) is 32.1 Å². The van der Waals surface area contributed by atoms with Crippen LogP contribution in [0, 0.1) is 5.92 Å². The lowest BCUT2D eigenvalue weighted by molar-refractivity contribution is -0.120. The molecule has 3 N–H and O–H groups in total. The number of fused-ring (bicyclic) bond motifs is 1. The predicted molar refractivity (Wildman–Crippen MR) is 120 cm³/mol. The number of carbonyl (C=O) groups excluding carboxylic acids is 3. The molecule has 0 spiro atoms.